The monoisotopic (exact) mass is 311 g/mol. The molecule has 0 aromatic heterocycles. The molecule has 4 heteroatoms. The van der Waals surface area contributed by atoms with Gasteiger partial charge in [0.15, 0.2) is 0 Å². The minimum Gasteiger partial charge on any atom is -0.380 e. The second kappa shape index (κ2) is 7.75. The summed E-state index contributed by atoms with van der Waals surface area (Å²) in [7, 11) is 2.10. The third kappa shape index (κ3) is 4.54. The molecule has 2 aromatic rings. The molecule has 2 aromatic carbocycles. The van der Waals surface area contributed by atoms with Crippen molar-refractivity contribution in [2.45, 2.75) is 33.0 Å². The molecule has 0 unspecified atom stereocenters. The van der Waals surface area contributed by atoms with Crippen molar-refractivity contribution >= 4 is 5.69 Å². The lowest BCUT2D eigenvalue weighted by atomic mass is 10.1. The minimum absolute atomic E-state index is 0.321. The molecule has 0 atom stereocenters. The molecule has 0 spiro atoms. The Morgan fingerprint density at radius 1 is 1.17 bits per heavy atom. The number of hydrogen-bond donors (Lipinski definition) is 1. The fourth-order valence-corrected chi connectivity index (χ4v) is 2.29. The minimum atomic E-state index is -0.397. The van der Waals surface area contributed by atoms with Gasteiger partial charge in [-0.25, -0.2) is 4.39 Å². The van der Waals surface area contributed by atoms with Gasteiger partial charge < -0.3 is 5.32 Å². The highest BCUT2D eigenvalue weighted by molar-refractivity contribution is 5.57. The van der Waals surface area contributed by atoms with Crippen molar-refractivity contribution < 1.29 is 4.39 Å². The number of nitrogens with zero attached hydrogens (tertiary/aromatic N) is 2. The van der Waals surface area contributed by atoms with Gasteiger partial charge in [-0.3, -0.25) is 4.90 Å². The Labute approximate surface area is 137 Å². The number of benzene rings is 2. The van der Waals surface area contributed by atoms with Crippen LogP contribution in [-0.4, -0.2) is 18.0 Å². The van der Waals surface area contributed by atoms with Gasteiger partial charge >= 0.3 is 0 Å². The molecule has 0 saturated heterocycles. The molecule has 0 fully saturated rings. The van der Waals surface area contributed by atoms with Gasteiger partial charge in [0, 0.05) is 19.1 Å². The van der Waals surface area contributed by atoms with Crippen molar-refractivity contribution in [3.8, 4) is 6.07 Å². The van der Waals surface area contributed by atoms with Crippen LogP contribution in [0.15, 0.2) is 42.5 Å². The van der Waals surface area contributed by atoms with Gasteiger partial charge in [0.05, 0.1) is 11.3 Å². The Bertz CT molecular complexity index is 704. The largest absolute Gasteiger partial charge is 0.380 e. The highest BCUT2D eigenvalue weighted by atomic mass is 19.1. The summed E-state index contributed by atoms with van der Waals surface area (Å²) in [5.41, 5.74) is 3.40. The van der Waals surface area contributed by atoms with E-state index in [1.54, 1.807) is 6.07 Å². The van der Waals surface area contributed by atoms with E-state index in [0.717, 1.165) is 6.54 Å². The smallest absolute Gasteiger partial charge is 0.124 e. The van der Waals surface area contributed by atoms with Gasteiger partial charge in [-0.15, -0.1) is 0 Å². The zero-order valence-corrected chi connectivity index (χ0v) is 13.8. The Hall–Kier alpha value is -2.38. The molecule has 3 nitrogen and oxygen atoms in total. The zero-order valence-electron chi connectivity index (χ0n) is 13.8. The number of nitrogens with one attached hydrogen (secondary N) is 1. The van der Waals surface area contributed by atoms with Crippen LogP contribution in [0.3, 0.4) is 0 Å². The summed E-state index contributed by atoms with van der Waals surface area (Å²) >= 11 is 0. The van der Waals surface area contributed by atoms with Crippen molar-refractivity contribution in [1.29, 1.82) is 5.26 Å². The first-order valence-electron chi connectivity index (χ1n) is 7.71. The van der Waals surface area contributed by atoms with Gasteiger partial charge in [0.25, 0.3) is 0 Å². The fourth-order valence-electron chi connectivity index (χ4n) is 2.29. The van der Waals surface area contributed by atoms with Crippen molar-refractivity contribution in [3.63, 3.8) is 0 Å². The van der Waals surface area contributed by atoms with E-state index < -0.39 is 5.82 Å². The van der Waals surface area contributed by atoms with E-state index in [9.17, 15) is 4.39 Å². The normalized spacial score (nSPS) is 10.8. The van der Waals surface area contributed by atoms with E-state index in [1.165, 1.54) is 23.3 Å². The lowest BCUT2D eigenvalue weighted by molar-refractivity contribution is 0.265. The first-order valence-corrected chi connectivity index (χ1v) is 7.71. The van der Waals surface area contributed by atoms with Crippen molar-refractivity contribution in [2.75, 3.05) is 12.4 Å². The van der Waals surface area contributed by atoms with Crippen LogP contribution in [-0.2, 0) is 13.1 Å². The maximum absolute atomic E-state index is 13.2. The average Bonchev–Trinajstić information content (AvgIpc) is 2.54. The van der Waals surface area contributed by atoms with E-state index >= 15 is 0 Å². The average molecular weight is 311 g/mol. The standard InChI is InChI=1S/C19H22FN3/c1-14(2)23(3)13-16-7-5-4-6-15(16)12-22-19-9-8-18(20)10-17(19)11-21/h4-10,14,22H,12-13H2,1-3H3. The highest BCUT2D eigenvalue weighted by Crippen LogP contribution is 2.19. The number of rotatable bonds is 6. The van der Waals surface area contributed by atoms with Gasteiger partial charge in [0.2, 0.25) is 0 Å². The molecular formula is C19H22FN3. The van der Waals surface area contributed by atoms with E-state index in [0.29, 0.717) is 23.8 Å². The number of halogens is 1. The molecule has 120 valence electrons. The maximum Gasteiger partial charge on any atom is 0.124 e. The first-order chi connectivity index (χ1) is 11.0. The Morgan fingerprint density at radius 3 is 2.52 bits per heavy atom. The van der Waals surface area contributed by atoms with E-state index in [2.05, 4.69) is 43.2 Å². The number of hydrogen-bond acceptors (Lipinski definition) is 3. The maximum atomic E-state index is 13.2. The van der Waals surface area contributed by atoms with Crippen LogP contribution < -0.4 is 5.32 Å². The zero-order chi connectivity index (χ0) is 16.8. The molecular weight excluding hydrogens is 289 g/mol. The molecule has 0 bridgehead atoms. The summed E-state index contributed by atoms with van der Waals surface area (Å²) < 4.78 is 13.2. The van der Waals surface area contributed by atoms with E-state index in [1.807, 2.05) is 18.2 Å². The molecule has 0 aliphatic heterocycles. The van der Waals surface area contributed by atoms with Crippen LogP contribution in [0.2, 0.25) is 0 Å². The van der Waals surface area contributed by atoms with Gasteiger partial charge in [-0.05, 0) is 50.2 Å². The Balaban J connectivity index is 2.14. The fraction of sp³-hybridized carbons (Fsp3) is 0.316. The third-order valence-electron chi connectivity index (χ3n) is 3.99. The molecule has 0 saturated carbocycles. The van der Waals surface area contributed by atoms with Crippen LogP contribution in [0, 0.1) is 17.1 Å². The van der Waals surface area contributed by atoms with Crippen LogP contribution >= 0.6 is 0 Å². The topological polar surface area (TPSA) is 39.1 Å². The molecule has 0 aliphatic rings. The van der Waals surface area contributed by atoms with Crippen molar-refractivity contribution in [2.24, 2.45) is 0 Å². The molecule has 0 aliphatic carbocycles. The highest BCUT2D eigenvalue weighted by Gasteiger charge is 2.09. The molecule has 2 rings (SSSR count). The summed E-state index contributed by atoms with van der Waals surface area (Å²) in [6.45, 7) is 5.80. The molecule has 0 radical (unpaired) electrons. The van der Waals surface area contributed by atoms with Gasteiger partial charge in [-0.1, -0.05) is 24.3 Å². The molecule has 0 amide bonds. The number of anilines is 1. The predicted octanol–water partition coefficient (Wildman–Crippen LogP) is 4.15. The van der Waals surface area contributed by atoms with E-state index in [4.69, 9.17) is 5.26 Å². The summed E-state index contributed by atoms with van der Waals surface area (Å²) in [6.07, 6.45) is 0. The third-order valence-corrected chi connectivity index (χ3v) is 3.99. The Morgan fingerprint density at radius 2 is 1.87 bits per heavy atom. The lowest BCUT2D eigenvalue weighted by Crippen LogP contribution is -2.26. The SMILES string of the molecule is CC(C)N(C)Cc1ccccc1CNc1ccc(F)cc1C#N. The van der Waals surface area contributed by atoms with Gasteiger partial charge in [-0.2, -0.15) is 5.26 Å². The first kappa shape index (κ1) is 17.0. The van der Waals surface area contributed by atoms with Crippen molar-refractivity contribution in [1.82, 2.24) is 4.90 Å². The second-order valence-corrected chi connectivity index (χ2v) is 5.93. The summed E-state index contributed by atoms with van der Waals surface area (Å²) in [5, 5.41) is 12.4. The van der Waals surface area contributed by atoms with E-state index in [-0.39, 0.29) is 0 Å². The predicted molar refractivity (Wildman–Crippen MR) is 91.5 cm³/mol. The summed E-state index contributed by atoms with van der Waals surface area (Å²) in [6, 6.07) is 14.9. The summed E-state index contributed by atoms with van der Waals surface area (Å²) in [5.74, 6) is -0.397. The number of nitriles is 1. The van der Waals surface area contributed by atoms with Crippen LogP contribution in [0.4, 0.5) is 10.1 Å². The van der Waals surface area contributed by atoms with Crippen LogP contribution in [0.5, 0.6) is 0 Å². The molecule has 23 heavy (non-hydrogen) atoms. The van der Waals surface area contributed by atoms with Crippen LogP contribution in [0.1, 0.15) is 30.5 Å². The van der Waals surface area contributed by atoms with Gasteiger partial charge in [0.1, 0.15) is 11.9 Å². The molecule has 1 N–H and O–H groups in total. The second-order valence-electron chi connectivity index (χ2n) is 5.93. The van der Waals surface area contributed by atoms with Crippen LogP contribution in [0.25, 0.3) is 0 Å². The summed E-state index contributed by atoms with van der Waals surface area (Å²) in [4.78, 5) is 2.28. The van der Waals surface area contributed by atoms with Crippen molar-refractivity contribution in [3.05, 3.63) is 65.0 Å². The lowest BCUT2D eigenvalue weighted by Gasteiger charge is -2.22. The Kier molecular flexibility index (Phi) is 5.72. The molecule has 0 heterocycles. The quantitative estimate of drug-likeness (QED) is 0.871.